The summed E-state index contributed by atoms with van der Waals surface area (Å²) in [6.45, 7) is 4.34. The van der Waals surface area contributed by atoms with E-state index in [-0.39, 0.29) is 28.5 Å². The molecule has 4 aromatic rings. The molecule has 0 spiro atoms. The molecule has 2 aromatic carbocycles. The van der Waals surface area contributed by atoms with Crippen molar-refractivity contribution in [3.05, 3.63) is 82.8 Å². The molecule has 5 rings (SSSR count). The quantitative estimate of drug-likeness (QED) is 0.408. The predicted molar refractivity (Wildman–Crippen MR) is 146 cm³/mol. The first kappa shape index (κ1) is 26.5. The maximum Gasteiger partial charge on any atom is 0.256 e. The number of piperidine rings is 1. The molecular weight excluding hydrogens is 516 g/mol. The first-order valence-corrected chi connectivity index (χ1v) is 14.5. The van der Waals surface area contributed by atoms with E-state index in [9.17, 15) is 18.0 Å². The van der Waals surface area contributed by atoms with Crippen molar-refractivity contribution in [3.63, 3.8) is 0 Å². The molecule has 0 radical (unpaired) electrons. The minimum atomic E-state index is -3.69. The van der Waals surface area contributed by atoms with Crippen LogP contribution in [0.5, 0.6) is 0 Å². The lowest BCUT2D eigenvalue weighted by Crippen LogP contribution is -2.51. The fraction of sp³-hybridized carbons (Fsp3) is 0.321. The highest BCUT2D eigenvalue weighted by molar-refractivity contribution is 7.90. The van der Waals surface area contributed by atoms with Gasteiger partial charge in [-0.25, -0.2) is 8.42 Å². The van der Waals surface area contributed by atoms with Gasteiger partial charge in [0.05, 0.1) is 22.3 Å². The zero-order chi connectivity index (χ0) is 27.9. The Morgan fingerprint density at radius 3 is 2.49 bits per heavy atom. The number of likely N-dealkylation sites (tertiary alicyclic amines) is 1. The van der Waals surface area contributed by atoms with Gasteiger partial charge in [-0.1, -0.05) is 30.3 Å². The summed E-state index contributed by atoms with van der Waals surface area (Å²) < 4.78 is 26.1. The van der Waals surface area contributed by atoms with E-state index >= 15 is 0 Å². The minimum Gasteiger partial charge on any atom is -0.348 e. The Bertz CT molecular complexity index is 1680. The van der Waals surface area contributed by atoms with Crippen LogP contribution >= 0.6 is 0 Å². The number of sulfone groups is 1. The molecule has 1 aliphatic heterocycles. The number of amides is 2. The lowest BCUT2D eigenvalue weighted by atomic mass is 9.85. The van der Waals surface area contributed by atoms with Gasteiger partial charge in [0.15, 0.2) is 14.9 Å². The fourth-order valence-electron chi connectivity index (χ4n) is 5.47. The summed E-state index contributed by atoms with van der Waals surface area (Å²) in [5.41, 5.74) is 4.21. The van der Waals surface area contributed by atoms with E-state index in [1.807, 2.05) is 43.3 Å². The van der Waals surface area contributed by atoms with Crippen LogP contribution in [0.4, 0.5) is 0 Å². The molecule has 3 heterocycles. The van der Waals surface area contributed by atoms with E-state index in [0.29, 0.717) is 36.3 Å². The van der Waals surface area contributed by atoms with Crippen molar-refractivity contribution in [2.75, 3.05) is 19.3 Å². The molecule has 11 heteroatoms. The summed E-state index contributed by atoms with van der Waals surface area (Å²) in [5.74, 6) is -0.804. The van der Waals surface area contributed by atoms with Crippen molar-refractivity contribution >= 4 is 32.7 Å². The largest absolute Gasteiger partial charge is 0.348 e. The third-order valence-electron chi connectivity index (χ3n) is 7.20. The Balaban J connectivity index is 1.44. The molecule has 0 saturated carbocycles. The van der Waals surface area contributed by atoms with Crippen molar-refractivity contribution < 1.29 is 18.0 Å². The maximum atomic E-state index is 13.6. The lowest BCUT2D eigenvalue weighted by molar-refractivity contribution is 0.0671. The van der Waals surface area contributed by atoms with E-state index in [4.69, 9.17) is 0 Å². The molecule has 10 nitrogen and oxygen atoms in total. The highest BCUT2D eigenvalue weighted by Gasteiger charge is 2.36. The number of carbonyl (C=O) groups is 2. The summed E-state index contributed by atoms with van der Waals surface area (Å²) in [7, 11) is -2.18. The molecule has 39 heavy (non-hydrogen) atoms. The van der Waals surface area contributed by atoms with Crippen LogP contribution in [-0.4, -0.2) is 70.3 Å². The molecule has 1 saturated heterocycles. The summed E-state index contributed by atoms with van der Waals surface area (Å²) >= 11 is 0. The number of fused-ring (bicyclic) bond motifs is 1. The second kappa shape index (κ2) is 10.2. The summed E-state index contributed by atoms with van der Waals surface area (Å²) in [5, 5.41) is 7.14. The van der Waals surface area contributed by atoms with E-state index in [0.717, 1.165) is 22.9 Å². The third kappa shape index (κ3) is 5.14. The fourth-order valence-corrected chi connectivity index (χ4v) is 6.60. The van der Waals surface area contributed by atoms with Gasteiger partial charge in [0.2, 0.25) is 0 Å². The van der Waals surface area contributed by atoms with Gasteiger partial charge in [-0.3, -0.25) is 24.2 Å². The van der Waals surface area contributed by atoms with Crippen molar-refractivity contribution in [3.8, 4) is 0 Å². The molecule has 0 aliphatic carbocycles. The SMILES string of the molecule is Cc1nn(C)c(S(C)(=O)=O)c1C(=O)N[C@@H]1CCN(C(=O)c2cc(C)c3nccnc3c2)C[C@@H]1c1ccccc1. The van der Waals surface area contributed by atoms with Crippen LogP contribution in [0.1, 0.15) is 49.9 Å². The maximum absolute atomic E-state index is 13.6. The molecule has 1 aliphatic rings. The number of carbonyl (C=O) groups excluding carboxylic acids is 2. The Labute approximate surface area is 227 Å². The van der Waals surface area contributed by atoms with Gasteiger partial charge < -0.3 is 10.2 Å². The van der Waals surface area contributed by atoms with E-state index in [1.165, 1.54) is 11.7 Å². The van der Waals surface area contributed by atoms with Gasteiger partial charge in [-0.2, -0.15) is 5.10 Å². The number of hydrogen-bond acceptors (Lipinski definition) is 7. The van der Waals surface area contributed by atoms with Gasteiger partial charge in [-0.05, 0) is 43.5 Å². The molecule has 1 fully saturated rings. The highest BCUT2D eigenvalue weighted by atomic mass is 32.2. The van der Waals surface area contributed by atoms with Crippen molar-refractivity contribution in [2.24, 2.45) is 7.05 Å². The van der Waals surface area contributed by atoms with Crippen LogP contribution in [0, 0.1) is 13.8 Å². The van der Waals surface area contributed by atoms with E-state index < -0.39 is 15.7 Å². The van der Waals surface area contributed by atoms with Gasteiger partial charge >= 0.3 is 0 Å². The Morgan fingerprint density at radius 1 is 1.05 bits per heavy atom. The first-order chi connectivity index (χ1) is 18.5. The second-order valence-corrected chi connectivity index (χ2v) is 11.9. The second-order valence-electron chi connectivity index (χ2n) is 10.0. The Hall–Kier alpha value is -4.12. The van der Waals surface area contributed by atoms with Crippen molar-refractivity contribution in [2.45, 2.75) is 37.3 Å². The standard InChI is InChI=1S/C28H30N6O4S/c1-17-14-20(15-23-25(17)30-12-11-29-23)27(36)34-13-10-22(21(16-34)19-8-6-5-7-9-19)31-26(35)24-18(2)32-33(3)28(24)39(4,37)38/h5-9,11-12,14-15,21-22H,10,13,16H2,1-4H3,(H,31,35)/t21-,22-/m1/s1. The first-order valence-electron chi connectivity index (χ1n) is 12.6. The number of hydrogen-bond donors (Lipinski definition) is 1. The highest BCUT2D eigenvalue weighted by Crippen LogP contribution is 2.30. The molecule has 2 amide bonds. The average Bonchev–Trinajstić information content (AvgIpc) is 3.23. The molecular formula is C28H30N6O4S. The van der Waals surface area contributed by atoms with Crippen LogP contribution in [-0.2, 0) is 16.9 Å². The van der Waals surface area contributed by atoms with E-state index in [2.05, 4.69) is 20.4 Å². The number of nitrogens with zero attached hydrogens (tertiary/aromatic N) is 5. The lowest BCUT2D eigenvalue weighted by Gasteiger charge is -2.39. The van der Waals surface area contributed by atoms with Crippen LogP contribution in [0.15, 0.2) is 59.9 Å². The zero-order valence-corrected chi connectivity index (χ0v) is 23.1. The smallest absolute Gasteiger partial charge is 0.256 e. The Kier molecular flexibility index (Phi) is 6.94. The zero-order valence-electron chi connectivity index (χ0n) is 22.2. The average molecular weight is 547 g/mol. The van der Waals surface area contributed by atoms with Gasteiger partial charge in [-0.15, -0.1) is 0 Å². The van der Waals surface area contributed by atoms with E-state index in [1.54, 1.807) is 30.3 Å². The molecule has 2 aromatic heterocycles. The minimum absolute atomic E-state index is 0.0538. The summed E-state index contributed by atoms with van der Waals surface area (Å²) in [6.07, 6.45) is 4.80. The molecule has 2 atom stereocenters. The molecule has 0 unspecified atom stereocenters. The Morgan fingerprint density at radius 2 is 1.77 bits per heavy atom. The molecule has 202 valence electrons. The topological polar surface area (TPSA) is 127 Å². The number of rotatable bonds is 5. The van der Waals surface area contributed by atoms with Crippen LogP contribution in [0.25, 0.3) is 11.0 Å². The van der Waals surface area contributed by atoms with Crippen molar-refractivity contribution in [1.82, 2.24) is 30.0 Å². The van der Waals surface area contributed by atoms with Gasteiger partial charge in [0.1, 0.15) is 0 Å². The number of aromatic nitrogens is 4. The summed E-state index contributed by atoms with van der Waals surface area (Å²) in [4.78, 5) is 37.6. The van der Waals surface area contributed by atoms with Crippen LogP contribution < -0.4 is 5.32 Å². The molecule has 0 bridgehead atoms. The van der Waals surface area contributed by atoms with Crippen LogP contribution in [0.3, 0.4) is 0 Å². The van der Waals surface area contributed by atoms with Crippen LogP contribution in [0.2, 0.25) is 0 Å². The predicted octanol–water partition coefficient (Wildman–Crippen LogP) is 2.81. The van der Waals surface area contributed by atoms with Crippen molar-refractivity contribution in [1.29, 1.82) is 0 Å². The number of aryl methyl sites for hydroxylation is 3. The normalized spacial score (nSPS) is 17.8. The van der Waals surface area contributed by atoms with Gasteiger partial charge in [0.25, 0.3) is 11.8 Å². The monoisotopic (exact) mass is 546 g/mol. The van der Waals surface area contributed by atoms with Gasteiger partial charge in [0, 0.05) is 56.3 Å². The summed E-state index contributed by atoms with van der Waals surface area (Å²) in [6, 6.07) is 13.0. The number of benzene rings is 2. The molecule has 1 N–H and O–H groups in total. The third-order valence-corrected chi connectivity index (χ3v) is 8.37. The number of nitrogens with one attached hydrogen (secondary N) is 1.